The average molecular weight is 326 g/mol. The van der Waals surface area contributed by atoms with E-state index >= 15 is 0 Å². The largest absolute Gasteiger partial charge is 0.496 e. The number of nitrogens with two attached hydrogens (primary N) is 1. The number of ether oxygens (including phenoxy) is 1. The molecule has 0 bridgehead atoms. The van der Waals surface area contributed by atoms with Crippen molar-refractivity contribution < 1.29 is 9.53 Å². The van der Waals surface area contributed by atoms with Crippen LogP contribution >= 0.6 is 0 Å². The zero-order chi connectivity index (χ0) is 17.3. The van der Waals surface area contributed by atoms with Gasteiger partial charge in [-0.15, -0.1) is 0 Å². The first kappa shape index (κ1) is 16.3. The number of fused-ring (bicyclic) bond motifs is 1. The molecule has 1 atom stereocenters. The molecule has 0 spiro atoms. The van der Waals surface area contributed by atoms with Crippen molar-refractivity contribution in [1.29, 1.82) is 0 Å². The van der Waals surface area contributed by atoms with E-state index in [0.717, 1.165) is 22.7 Å². The monoisotopic (exact) mass is 326 g/mol. The number of carbonyl (C=O) groups is 1. The lowest BCUT2D eigenvalue weighted by molar-refractivity contribution is -0.121. The fourth-order valence-electron chi connectivity index (χ4n) is 3.10. The number of hydrogen-bond donors (Lipinski definition) is 2. The Morgan fingerprint density at radius 3 is 2.75 bits per heavy atom. The molecule has 6 nitrogen and oxygen atoms in total. The van der Waals surface area contributed by atoms with Gasteiger partial charge in [-0.05, 0) is 42.2 Å². The predicted molar refractivity (Wildman–Crippen MR) is 94.4 cm³/mol. The fraction of sp³-hybridized carbons (Fsp3) is 0.333. The third kappa shape index (κ3) is 2.69. The highest BCUT2D eigenvalue weighted by Gasteiger charge is 2.43. The molecule has 2 aromatic rings. The number of aromatic nitrogens is 1. The molecule has 6 heteroatoms. The molecule has 3 rings (SSSR count). The molecule has 1 aliphatic rings. The van der Waals surface area contributed by atoms with Gasteiger partial charge in [0.05, 0.1) is 7.11 Å². The molecule has 0 saturated heterocycles. The van der Waals surface area contributed by atoms with Crippen LogP contribution in [-0.4, -0.2) is 32.1 Å². The molecule has 1 aliphatic carbocycles. The Hall–Kier alpha value is -2.60. The average Bonchev–Trinajstić information content (AvgIpc) is 2.94. The second kappa shape index (κ2) is 6.13. The van der Waals surface area contributed by atoms with Crippen molar-refractivity contribution in [2.75, 3.05) is 31.4 Å². The lowest BCUT2D eigenvalue weighted by Gasteiger charge is -2.24. The molecule has 3 N–H and O–H groups in total. The highest BCUT2D eigenvalue weighted by atomic mass is 16.5. The molecular weight excluding hydrogens is 304 g/mol. The number of carbonyl (C=O) groups excluding carboxylic acids is 1. The first-order valence-electron chi connectivity index (χ1n) is 7.87. The van der Waals surface area contributed by atoms with Crippen molar-refractivity contribution in [3.05, 3.63) is 47.5 Å². The molecule has 0 saturated carbocycles. The van der Waals surface area contributed by atoms with Gasteiger partial charge in [0.1, 0.15) is 22.9 Å². The van der Waals surface area contributed by atoms with Crippen LogP contribution in [0.25, 0.3) is 0 Å². The first-order valence-corrected chi connectivity index (χ1v) is 7.87. The van der Waals surface area contributed by atoms with E-state index in [4.69, 9.17) is 10.5 Å². The lowest BCUT2D eigenvalue weighted by atomic mass is 9.92. The van der Waals surface area contributed by atoms with Crippen molar-refractivity contribution >= 4 is 17.5 Å². The van der Waals surface area contributed by atoms with E-state index in [9.17, 15) is 4.79 Å². The maximum absolute atomic E-state index is 12.8. The molecule has 0 fully saturated rings. The van der Waals surface area contributed by atoms with Crippen LogP contribution in [0.1, 0.15) is 17.5 Å². The molecule has 1 aromatic carbocycles. The summed E-state index contributed by atoms with van der Waals surface area (Å²) >= 11 is 0. The molecule has 1 heterocycles. The van der Waals surface area contributed by atoms with Crippen molar-refractivity contribution in [3.8, 4) is 5.75 Å². The number of pyridine rings is 1. The Bertz CT molecular complexity index is 775. The summed E-state index contributed by atoms with van der Waals surface area (Å²) in [6.07, 6.45) is 1.26. The Balaban J connectivity index is 1.88. The highest BCUT2D eigenvalue weighted by Crippen LogP contribution is 2.40. The summed E-state index contributed by atoms with van der Waals surface area (Å²) in [5.74, 6) is 1.79. The van der Waals surface area contributed by atoms with Crippen LogP contribution < -0.4 is 20.7 Å². The molecule has 1 amide bonds. The quantitative estimate of drug-likeness (QED) is 0.897. The number of methoxy groups -OCH3 is 1. The molecule has 0 aliphatic heterocycles. The van der Waals surface area contributed by atoms with Gasteiger partial charge >= 0.3 is 0 Å². The summed E-state index contributed by atoms with van der Waals surface area (Å²) in [4.78, 5) is 19.1. The van der Waals surface area contributed by atoms with Gasteiger partial charge in [0, 0.05) is 14.1 Å². The van der Waals surface area contributed by atoms with Crippen LogP contribution in [0.3, 0.4) is 0 Å². The van der Waals surface area contributed by atoms with Gasteiger partial charge in [0.25, 0.3) is 0 Å². The summed E-state index contributed by atoms with van der Waals surface area (Å²) in [6.45, 7) is 0. The highest BCUT2D eigenvalue weighted by molar-refractivity contribution is 5.99. The van der Waals surface area contributed by atoms with Gasteiger partial charge in [-0.1, -0.05) is 18.2 Å². The minimum Gasteiger partial charge on any atom is -0.496 e. The molecular formula is C18H22N4O2. The van der Waals surface area contributed by atoms with Crippen LogP contribution in [0.4, 0.5) is 11.6 Å². The summed E-state index contributed by atoms with van der Waals surface area (Å²) < 4.78 is 5.39. The van der Waals surface area contributed by atoms with Crippen LogP contribution in [0.5, 0.6) is 5.75 Å². The third-order valence-electron chi connectivity index (χ3n) is 4.44. The van der Waals surface area contributed by atoms with E-state index in [1.54, 1.807) is 13.2 Å². The summed E-state index contributed by atoms with van der Waals surface area (Å²) in [5.41, 5.74) is 7.24. The van der Waals surface area contributed by atoms with Crippen molar-refractivity contribution in [1.82, 2.24) is 4.98 Å². The maximum Gasteiger partial charge on any atom is 0.250 e. The van der Waals surface area contributed by atoms with Gasteiger partial charge in [0.15, 0.2) is 0 Å². The normalized spacial score (nSPS) is 18.8. The standard InChI is InChI=1S/C18H22N4O2/c1-22(2)16-9-5-8-15(20-16)21-17(23)18(19)11-10-12-13(18)6-4-7-14(12)24-3/h4-9H,10-11,19H2,1-3H3,(H,20,21,23). The SMILES string of the molecule is COc1cccc2c1CCC2(N)C(=O)Nc1cccc(N(C)C)n1. The zero-order valence-electron chi connectivity index (χ0n) is 14.2. The van der Waals surface area contributed by atoms with E-state index in [-0.39, 0.29) is 5.91 Å². The van der Waals surface area contributed by atoms with Crippen LogP contribution in [0.15, 0.2) is 36.4 Å². The maximum atomic E-state index is 12.8. The van der Waals surface area contributed by atoms with E-state index in [2.05, 4.69) is 10.3 Å². The Kier molecular flexibility index (Phi) is 4.15. The Morgan fingerprint density at radius 1 is 1.29 bits per heavy atom. The third-order valence-corrected chi connectivity index (χ3v) is 4.44. The van der Waals surface area contributed by atoms with E-state index in [1.165, 1.54) is 0 Å². The van der Waals surface area contributed by atoms with Gasteiger partial charge in [-0.3, -0.25) is 4.79 Å². The lowest BCUT2D eigenvalue weighted by Crippen LogP contribution is -2.46. The fourth-order valence-corrected chi connectivity index (χ4v) is 3.10. The summed E-state index contributed by atoms with van der Waals surface area (Å²) in [7, 11) is 5.43. The number of anilines is 2. The van der Waals surface area contributed by atoms with Gasteiger partial charge in [0.2, 0.25) is 5.91 Å². The van der Waals surface area contributed by atoms with Gasteiger partial charge in [-0.2, -0.15) is 0 Å². The zero-order valence-corrected chi connectivity index (χ0v) is 14.2. The van der Waals surface area contributed by atoms with Crippen LogP contribution in [0.2, 0.25) is 0 Å². The molecule has 24 heavy (non-hydrogen) atoms. The number of nitrogens with one attached hydrogen (secondary N) is 1. The summed E-state index contributed by atoms with van der Waals surface area (Å²) in [5, 5.41) is 2.86. The number of hydrogen-bond acceptors (Lipinski definition) is 5. The van der Waals surface area contributed by atoms with Crippen molar-refractivity contribution in [3.63, 3.8) is 0 Å². The minimum absolute atomic E-state index is 0.252. The molecule has 0 radical (unpaired) electrons. The molecule has 126 valence electrons. The van der Waals surface area contributed by atoms with Gasteiger partial charge in [-0.25, -0.2) is 4.98 Å². The number of benzene rings is 1. The summed E-state index contributed by atoms with van der Waals surface area (Å²) in [6, 6.07) is 11.1. The van der Waals surface area contributed by atoms with E-state index < -0.39 is 5.54 Å². The number of nitrogens with zero attached hydrogens (tertiary/aromatic N) is 2. The van der Waals surface area contributed by atoms with E-state index in [0.29, 0.717) is 18.7 Å². The number of rotatable bonds is 4. The van der Waals surface area contributed by atoms with Crippen molar-refractivity contribution in [2.24, 2.45) is 5.73 Å². The van der Waals surface area contributed by atoms with E-state index in [1.807, 2.05) is 49.3 Å². The van der Waals surface area contributed by atoms with Crippen molar-refractivity contribution in [2.45, 2.75) is 18.4 Å². The Morgan fingerprint density at radius 2 is 2.04 bits per heavy atom. The number of amides is 1. The second-order valence-corrected chi connectivity index (χ2v) is 6.19. The van der Waals surface area contributed by atoms with Gasteiger partial charge < -0.3 is 20.7 Å². The Labute approximate surface area is 141 Å². The van der Waals surface area contributed by atoms with Crippen LogP contribution in [-0.2, 0) is 16.8 Å². The molecule has 1 aromatic heterocycles. The molecule has 1 unspecified atom stereocenters. The smallest absolute Gasteiger partial charge is 0.250 e. The predicted octanol–water partition coefficient (Wildman–Crippen LogP) is 1.90. The second-order valence-electron chi connectivity index (χ2n) is 6.19. The topological polar surface area (TPSA) is 80.5 Å². The van der Waals surface area contributed by atoms with Crippen LogP contribution in [0, 0.1) is 0 Å². The minimum atomic E-state index is -1.07. The first-order chi connectivity index (χ1) is 11.5.